The molecule has 1 aliphatic heterocycles. The molecule has 1 fully saturated rings. The second-order valence-electron chi connectivity index (χ2n) is 5.34. The fourth-order valence-corrected chi connectivity index (χ4v) is 2.51. The SMILES string of the molecule is CC.Cc1ccc(N2CC(C)N(C)C(C)C2C)nc1. The maximum atomic E-state index is 4.55. The zero-order valence-corrected chi connectivity index (χ0v) is 13.5. The van der Waals surface area contributed by atoms with Crippen molar-refractivity contribution < 1.29 is 0 Å². The molecule has 3 heteroatoms. The lowest BCUT2D eigenvalue weighted by Crippen LogP contribution is -2.60. The quantitative estimate of drug-likeness (QED) is 0.774. The fraction of sp³-hybridized carbons (Fsp3) is 0.688. The molecule has 19 heavy (non-hydrogen) atoms. The average molecular weight is 263 g/mol. The number of piperazine rings is 1. The summed E-state index contributed by atoms with van der Waals surface area (Å²) in [6, 6.07) is 5.91. The number of hydrogen-bond donors (Lipinski definition) is 0. The first-order valence-electron chi connectivity index (χ1n) is 7.42. The van der Waals surface area contributed by atoms with Gasteiger partial charge < -0.3 is 4.90 Å². The molecule has 2 heterocycles. The van der Waals surface area contributed by atoms with Crippen LogP contribution >= 0.6 is 0 Å². The summed E-state index contributed by atoms with van der Waals surface area (Å²) in [7, 11) is 2.21. The summed E-state index contributed by atoms with van der Waals surface area (Å²) >= 11 is 0. The summed E-state index contributed by atoms with van der Waals surface area (Å²) in [6.45, 7) is 14.0. The van der Waals surface area contributed by atoms with Gasteiger partial charge in [-0.15, -0.1) is 0 Å². The van der Waals surface area contributed by atoms with Crippen LogP contribution < -0.4 is 4.90 Å². The Hall–Kier alpha value is -1.09. The molecule has 0 aliphatic carbocycles. The molecule has 3 unspecified atom stereocenters. The van der Waals surface area contributed by atoms with Crippen molar-refractivity contribution >= 4 is 5.82 Å². The maximum absolute atomic E-state index is 4.55. The highest BCUT2D eigenvalue weighted by atomic mass is 15.3. The Morgan fingerprint density at radius 3 is 2.26 bits per heavy atom. The van der Waals surface area contributed by atoms with Gasteiger partial charge in [0.1, 0.15) is 5.82 Å². The lowest BCUT2D eigenvalue weighted by molar-refractivity contribution is 0.139. The van der Waals surface area contributed by atoms with Crippen LogP contribution in [-0.4, -0.2) is 41.6 Å². The molecule has 108 valence electrons. The van der Waals surface area contributed by atoms with E-state index in [4.69, 9.17) is 0 Å². The number of aryl methyl sites for hydroxylation is 1. The number of hydrogen-bond acceptors (Lipinski definition) is 3. The Labute approximate surface area is 118 Å². The second kappa shape index (κ2) is 6.90. The van der Waals surface area contributed by atoms with Crippen molar-refractivity contribution in [2.75, 3.05) is 18.5 Å². The maximum Gasteiger partial charge on any atom is 0.128 e. The fourth-order valence-electron chi connectivity index (χ4n) is 2.51. The van der Waals surface area contributed by atoms with Crippen LogP contribution in [0.3, 0.4) is 0 Å². The Morgan fingerprint density at radius 1 is 1.11 bits per heavy atom. The van der Waals surface area contributed by atoms with E-state index in [1.165, 1.54) is 5.56 Å². The van der Waals surface area contributed by atoms with Gasteiger partial charge in [0, 0.05) is 30.9 Å². The summed E-state index contributed by atoms with van der Waals surface area (Å²) in [5.74, 6) is 1.11. The number of nitrogens with zero attached hydrogens (tertiary/aromatic N) is 3. The van der Waals surface area contributed by atoms with Gasteiger partial charge in [-0.05, 0) is 46.4 Å². The van der Waals surface area contributed by atoms with Gasteiger partial charge in [-0.1, -0.05) is 19.9 Å². The second-order valence-corrected chi connectivity index (χ2v) is 5.34. The Morgan fingerprint density at radius 2 is 1.74 bits per heavy atom. The first-order chi connectivity index (χ1) is 9.00. The van der Waals surface area contributed by atoms with Crippen LogP contribution in [0.5, 0.6) is 0 Å². The lowest BCUT2D eigenvalue weighted by Gasteiger charge is -2.47. The van der Waals surface area contributed by atoms with Gasteiger partial charge in [0.2, 0.25) is 0 Å². The van der Waals surface area contributed by atoms with Gasteiger partial charge in [-0.2, -0.15) is 0 Å². The monoisotopic (exact) mass is 263 g/mol. The van der Waals surface area contributed by atoms with Crippen LogP contribution in [0, 0.1) is 6.92 Å². The van der Waals surface area contributed by atoms with Gasteiger partial charge in [0.25, 0.3) is 0 Å². The number of pyridine rings is 1. The van der Waals surface area contributed by atoms with Crippen LogP contribution in [0.4, 0.5) is 5.82 Å². The summed E-state index contributed by atoms with van der Waals surface area (Å²) in [4.78, 5) is 9.43. The van der Waals surface area contributed by atoms with Crippen LogP contribution in [-0.2, 0) is 0 Å². The minimum Gasteiger partial charge on any atom is -0.351 e. The van der Waals surface area contributed by atoms with Gasteiger partial charge in [0.05, 0.1) is 0 Å². The molecule has 2 rings (SSSR count). The third-order valence-corrected chi connectivity index (χ3v) is 4.18. The molecule has 1 aromatic rings. The molecule has 0 radical (unpaired) electrons. The van der Waals surface area contributed by atoms with Crippen LogP contribution in [0.15, 0.2) is 18.3 Å². The molecule has 0 saturated carbocycles. The zero-order chi connectivity index (χ0) is 14.6. The van der Waals surface area contributed by atoms with Crippen LogP contribution in [0.1, 0.15) is 40.2 Å². The molecule has 3 nitrogen and oxygen atoms in total. The van der Waals surface area contributed by atoms with Gasteiger partial charge in [-0.25, -0.2) is 4.98 Å². The molecular formula is C16H29N3. The van der Waals surface area contributed by atoms with Crippen molar-refractivity contribution in [3.63, 3.8) is 0 Å². The van der Waals surface area contributed by atoms with E-state index in [0.717, 1.165) is 12.4 Å². The van der Waals surface area contributed by atoms with Crippen molar-refractivity contribution in [1.82, 2.24) is 9.88 Å². The summed E-state index contributed by atoms with van der Waals surface area (Å²) in [5, 5.41) is 0. The molecule has 0 N–H and O–H groups in total. The van der Waals surface area contributed by atoms with E-state index in [9.17, 15) is 0 Å². The molecule has 0 bridgehead atoms. The molecule has 0 amide bonds. The van der Waals surface area contributed by atoms with Crippen molar-refractivity contribution in [3.8, 4) is 0 Å². The molecule has 0 aromatic carbocycles. The summed E-state index contributed by atoms with van der Waals surface area (Å²) in [5.41, 5.74) is 1.22. The van der Waals surface area contributed by atoms with Gasteiger partial charge in [0.15, 0.2) is 0 Å². The first kappa shape index (κ1) is 16.0. The van der Waals surface area contributed by atoms with Crippen molar-refractivity contribution in [2.45, 2.75) is 59.7 Å². The minimum atomic E-state index is 0.506. The largest absolute Gasteiger partial charge is 0.351 e. The van der Waals surface area contributed by atoms with E-state index < -0.39 is 0 Å². The third kappa shape index (κ3) is 3.47. The normalized spacial score (nSPS) is 27.7. The highest BCUT2D eigenvalue weighted by Crippen LogP contribution is 2.24. The van der Waals surface area contributed by atoms with E-state index in [2.05, 4.69) is 61.7 Å². The Balaban J connectivity index is 0.000000861. The van der Waals surface area contributed by atoms with Crippen molar-refractivity contribution in [3.05, 3.63) is 23.9 Å². The van der Waals surface area contributed by atoms with E-state index in [0.29, 0.717) is 18.1 Å². The van der Waals surface area contributed by atoms with Gasteiger partial charge in [-0.3, -0.25) is 4.90 Å². The average Bonchev–Trinajstić information content (AvgIpc) is 2.44. The predicted molar refractivity (Wildman–Crippen MR) is 83.8 cm³/mol. The Bertz CT molecular complexity index is 374. The summed E-state index contributed by atoms with van der Waals surface area (Å²) in [6.07, 6.45) is 1.95. The smallest absolute Gasteiger partial charge is 0.128 e. The standard InChI is InChI=1S/C14H23N3.C2H6/c1-10-6-7-14(15-8-10)17-9-11(2)16(5)12(3)13(17)4;1-2/h6-8,11-13H,9H2,1-5H3;1-2H3. The third-order valence-electron chi connectivity index (χ3n) is 4.18. The molecule has 1 aliphatic rings. The zero-order valence-electron chi connectivity index (χ0n) is 13.5. The lowest BCUT2D eigenvalue weighted by atomic mass is 10.0. The number of likely N-dealkylation sites (N-methyl/N-ethyl adjacent to an activating group) is 1. The number of aromatic nitrogens is 1. The minimum absolute atomic E-state index is 0.506. The topological polar surface area (TPSA) is 19.4 Å². The van der Waals surface area contributed by atoms with Crippen molar-refractivity contribution in [2.24, 2.45) is 0 Å². The molecule has 1 aromatic heterocycles. The van der Waals surface area contributed by atoms with E-state index in [-0.39, 0.29) is 0 Å². The molecular weight excluding hydrogens is 234 g/mol. The first-order valence-corrected chi connectivity index (χ1v) is 7.42. The predicted octanol–water partition coefficient (Wildman–Crippen LogP) is 3.33. The number of anilines is 1. The van der Waals surface area contributed by atoms with Crippen LogP contribution in [0.25, 0.3) is 0 Å². The van der Waals surface area contributed by atoms with Crippen LogP contribution in [0.2, 0.25) is 0 Å². The van der Waals surface area contributed by atoms with E-state index in [1.54, 1.807) is 0 Å². The van der Waals surface area contributed by atoms with Gasteiger partial charge >= 0.3 is 0 Å². The molecule has 0 spiro atoms. The number of rotatable bonds is 1. The molecule has 3 atom stereocenters. The van der Waals surface area contributed by atoms with E-state index >= 15 is 0 Å². The molecule has 1 saturated heterocycles. The van der Waals surface area contributed by atoms with Crippen molar-refractivity contribution in [1.29, 1.82) is 0 Å². The van der Waals surface area contributed by atoms with E-state index in [1.807, 2.05) is 20.0 Å². The summed E-state index contributed by atoms with van der Waals surface area (Å²) < 4.78 is 0. The highest BCUT2D eigenvalue weighted by Gasteiger charge is 2.33. The Kier molecular flexibility index (Phi) is 5.80. The highest BCUT2D eigenvalue weighted by molar-refractivity contribution is 5.42.